The molecule has 0 saturated carbocycles. The van der Waals surface area contributed by atoms with Gasteiger partial charge in [0.2, 0.25) is 0 Å². The number of nitrogens with zero attached hydrogens (tertiary/aromatic N) is 2. The SMILES string of the molecule is O=C(O)c1nc(COc2ccc(F)cc2)n2ccccc12. The number of ether oxygens (including phenoxy) is 1. The lowest BCUT2D eigenvalue weighted by Crippen LogP contribution is -2.01. The minimum absolute atomic E-state index is 0.0201. The van der Waals surface area contributed by atoms with E-state index >= 15 is 0 Å². The van der Waals surface area contributed by atoms with Crippen molar-refractivity contribution in [3.8, 4) is 5.75 Å². The number of benzene rings is 1. The van der Waals surface area contributed by atoms with Gasteiger partial charge in [-0.25, -0.2) is 14.2 Å². The van der Waals surface area contributed by atoms with Crippen molar-refractivity contribution in [3.05, 3.63) is 66.0 Å². The van der Waals surface area contributed by atoms with Gasteiger partial charge < -0.3 is 9.84 Å². The Hall–Kier alpha value is -2.89. The van der Waals surface area contributed by atoms with Crippen molar-refractivity contribution < 1.29 is 19.0 Å². The summed E-state index contributed by atoms with van der Waals surface area (Å²) in [5.41, 5.74) is 0.482. The molecule has 0 spiro atoms. The van der Waals surface area contributed by atoms with Gasteiger partial charge in [0.1, 0.15) is 18.2 Å². The van der Waals surface area contributed by atoms with Crippen molar-refractivity contribution >= 4 is 11.5 Å². The van der Waals surface area contributed by atoms with E-state index in [4.69, 9.17) is 9.84 Å². The Morgan fingerprint density at radius 2 is 2.00 bits per heavy atom. The molecule has 0 aliphatic carbocycles. The van der Waals surface area contributed by atoms with E-state index in [0.717, 1.165) is 0 Å². The largest absolute Gasteiger partial charge is 0.486 e. The molecule has 0 bridgehead atoms. The number of rotatable bonds is 4. The highest BCUT2D eigenvalue weighted by molar-refractivity contribution is 5.93. The molecule has 5 nitrogen and oxygen atoms in total. The normalized spacial score (nSPS) is 10.7. The topological polar surface area (TPSA) is 63.8 Å². The highest BCUT2D eigenvalue weighted by atomic mass is 19.1. The molecule has 3 aromatic rings. The first-order valence-corrected chi connectivity index (χ1v) is 6.23. The van der Waals surface area contributed by atoms with E-state index in [2.05, 4.69) is 4.98 Å². The van der Waals surface area contributed by atoms with Crippen molar-refractivity contribution in [3.63, 3.8) is 0 Å². The predicted octanol–water partition coefficient (Wildman–Crippen LogP) is 2.75. The van der Waals surface area contributed by atoms with Crippen LogP contribution in [0.25, 0.3) is 5.52 Å². The summed E-state index contributed by atoms with van der Waals surface area (Å²) in [5, 5.41) is 9.15. The molecule has 3 rings (SSSR count). The Kier molecular flexibility index (Phi) is 3.27. The molecular formula is C15H11FN2O3. The molecule has 2 heterocycles. The maximum Gasteiger partial charge on any atom is 0.356 e. The van der Waals surface area contributed by atoms with Crippen LogP contribution in [0.1, 0.15) is 16.3 Å². The maximum atomic E-state index is 12.8. The van der Waals surface area contributed by atoms with E-state index in [-0.39, 0.29) is 18.1 Å². The number of hydrogen-bond acceptors (Lipinski definition) is 3. The number of carboxylic acids is 1. The van der Waals surface area contributed by atoms with Crippen molar-refractivity contribution in [1.29, 1.82) is 0 Å². The Balaban J connectivity index is 1.90. The third kappa shape index (κ3) is 2.55. The molecule has 6 heteroatoms. The van der Waals surface area contributed by atoms with Gasteiger partial charge in [-0.15, -0.1) is 0 Å². The van der Waals surface area contributed by atoms with E-state index in [9.17, 15) is 9.18 Å². The number of carboxylic acid groups (broad SMARTS) is 1. The van der Waals surface area contributed by atoms with Gasteiger partial charge in [0.15, 0.2) is 11.5 Å². The minimum Gasteiger partial charge on any atom is -0.486 e. The van der Waals surface area contributed by atoms with E-state index in [0.29, 0.717) is 17.1 Å². The van der Waals surface area contributed by atoms with Crippen LogP contribution >= 0.6 is 0 Å². The lowest BCUT2D eigenvalue weighted by Gasteiger charge is -2.05. The molecule has 0 radical (unpaired) electrons. The first kappa shape index (κ1) is 13.1. The summed E-state index contributed by atoms with van der Waals surface area (Å²) < 4.78 is 20.0. The zero-order chi connectivity index (χ0) is 14.8. The second kappa shape index (κ2) is 5.24. The standard InChI is InChI=1S/C15H11FN2O3/c16-10-4-6-11(7-5-10)21-9-13-17-14(15(19)20)12-3-1-2-8-18(12)13/h1-8H,9H2,(H,19,20). The molecule has 0 unspecified atom stereocenters. The van der Waals surface area contributed by atoms with E-state index in [1.54, 1.807) is 28.8 Å². The van der Waals surface area contributed by atoms with Gasteiger partial charge >= 0.3 is 5.97 Å². The molecule has 0 atom stereocenters. The van der Waals surface area contributed by atoms with Gasteiger partial charge in [-0.05, 0) is 36.4 Å². The van der Waals surface area contributed by atoms with E-state index in [1.165, 1.54) is 24.3 Å². The average Bonchev–Trinajstić information content (AvgIpc) is 2.86. The van der Waals surface area contributed by atoms with Crippen LogP contribution in [0.2, 0.25) is 0 Å². The van der Waals surface area contributed by atoms with Crippen molar-refractivity contribution in [1.82, 2.24) is 9.38 Å². The summed E-state index contributed by atoms with van der Waals surface area (Å²) in [6.07, 6.45) is 1.72. The molecule has 21 heavy (non-hydrogen) atoms. The van der Waals surface area contributed by atoms with Crippen LogP contribution in [0.5, 0.6) is 5.75 Å². The predicted molar refractivity (Wildman–Crippen MR) is 72.9 cm³/mol. The molecule has 1 aromatic carbocycles. The zero-order valence-electron chi connectivity index (χ0n) is 10.9. The fourth-order valence-corrected chi connectivity index (χ4v) is 2.04. The summed E-state index contributed by atoms with van der Waals surface area (Å²) in [4.78, 5) is 15.3. The fraction of sp³-hybridized carbons (Fsp3) is 0.0667. The lowest BCUT2D eigenvalue weighted by molar-refractivity contribution is 0.0693. The molecule has 0 amide bonds. The molecule has 0 fully saturated rings. The molecular weight excluding hydrogens is 275 g/mol. The van der Waals surface area contributed by atoms with Crippen molar-refractivity contribution in [2.75, 3.05) is 0 Å². The van der Waals surface area contributed by atoms with Gasteiger partial charge in [-0.3, -0.25) is 4.40 Å². The van der Waals surface area contributed by atoms with Crippen molar-refractivity contribution in [2.24, 2.45) is 0 Å². The third-order valence-corrected chi connectivity index (χ3v) is 3.01. The Labute approximate surface area is 119 Å². The Morgan fingerprint density at radius 3 is 2.71 bits per heavy atom. The Morgan fingerprint density at radius 1 is 1.24 bits per heavy atom. The summed E-state index contributed by atoms with van der Waals surface area (Å²) in [5.74, 6) is -0.484. The van der Waals surface area contributed by atoms with Crippen LogP contribution in [0.3, 0.4) is 0 Å². The molecule has 1 N–H and O–H groups in total. The first-order valence-electron chi connectivity index (χ1n) is 6.23. The van der Waals surface area contributed by atoms with Gasteiger partial charge in [-0.2, -0.15) is 0 Å². The van der Waals surface area contributed by atoms with Crippen LogP contribution in [0.4, 0.5) is 4.39 Å². The second-order valence-electron chi connectivity index (χ2n) is 4.38. The summed E-state index contributed by atoms with van der Waals surface area (Å²) in [7, 11) is 0. The number of aromatic carboxylic acids is 1. The summed E-state index contributed by atoms with van der Waals surface area (Å²) in [6, 6.07) is 10.8. The fourth-order valence-electron chi connectivity index (χ4n) is 2.04. The van der Waals surface area contributed by atoms with Crippen LogP contribution in [0, 0.1) is 5.82 Å². The van der Waals surface area contributed by atoms with Crippen LogP contribution in [0.15, 0.2) is 48.7 Å². The Bertz CT molecular complexity index is 796. The minimum atomic E-state index is -1.09. The number of hydrogen-bond donors (Lipinski definition) is 1. The quantitative estimate of drug-likeness (QED) is 0.801. The number of carbonyl (C=O) groups is 1. The number of imidazole rings is 1. The number of pyridine rings is 1. The van der Waals surface area contributed by atoms with Crippen LogP contribution in [-0.4, -0.2) is 20.5 Å². The first-order chi connectivity index (χ1) is 10.1. The number of fused-ring (bicyclic) bond motifs is 1. The van der Waals surface area contributed by atoms with Crippen molar-refractivity contribution in [2.45, 2.75) is 6.61 Å². The molecule has 2 aromatic heterocycles. The average molecular weight is 286 g/mol. The summed E-state index contributed by atoms with van der Waals surface area (Å²) in [6.45, 7) is 0.0874. The monoisotopic (exact) mass is 286 g/mol. The smallest absolute Gasteiger partial charge is 0.356 e. The highest BCUT2D eigenvalue weighted by Gasteiger charge is 2.16. The molecule has 106 valence electrons. The lowest BCUT2D eigenvalue weighted by atomic mass is 10.3. The van der Waals surface area contributed by atoms with Gasteiger partial charge in [0.05, 0.1) is 5.52 Å². The van der Waals surface area contributed by atoms with Crippen LogP contribution < -0.4 is 4.74 Å². The molecule has 0 saturated heterocycles. The number of halogens is 1. The third-order valence-electron chi connectivity index (χ3n) is 3.01. The van der Waals surface area contributed by atoms with E-state index < -0.39 is 5.97 Å². The molecule has 0 aliphatic heterocycles. The van der Waals surface area contributed by atoms with Crippen LogP contribution in [-0.2, 0) is 6.61 Å². The maximum absolute atomic E-state index is 12.8. The van der Waals surface area contributed by atoms with Gasteiger partial charge in [0, 0.05) is 6.20 Å². The zero-order valence-corrected chi connectivity index (χ0v) is 10.9. The van der Waals surface area contributed by atoms with Gasteiger partial charge in [-0.1, -0.05) is 6.07 Å². The van der Waals surface area contributed by atoms with Gasteiger partial charge in [0.25, 0.3) is 0 Å². The highest BCUT2D eigenvalue weighted by Crippen LogP contribution is 2.16. The second-order valence-corrected chi connectivity index (χ2v) is 4.38. The van der Waals surface area contributed by atoms with E-state index in [1.807, 2.05) is 0 Å². The molecule has 0 aliphatic rings. The number of aromatic nitrogens is 2. The summed E-state index contributed by atoms with van der Waals surface area (Å²) >= 11 is 0.